The number of carbonyl (C=O) groups excluding carboxylic acids is 2. The fourth-order valence-corrected chi connectivity index (χ4v) is 3.61. The number of carbonyl (C=O) groups is 2. The SMILES string of the molecule is CCOC(=O)c1sc(NC(=O)[C@H](Cc2ccccc2)n2cccc2)nc1C. The Morgan fingerprint density at radius 2 is 1.89 bits per heavy atom. The van der Waals surface area contributed by atoms with E-state index in [-0.39, 0.29) is 5.91 Å². The van der Waals surface area contributed by atoms with E-state index < -0.39 is 12.0 Å². The van der Waals surface area contributed by atoms with Crippen LogP contribution in [-0.2, 0) is 16.0 Å². The first-order chi connectivity index (χ1) is 13.1. The maximum Gasteiger partial charge on any atom is 0.350 e. The molecule has 3 rings (SSSR count). The third kappa shape index (κ3) is 4.62. The molecule has 0 spiro atoms. The number of thiazole rings is 1. The van der Waals surface area contributed by atoms with Crippen LogP contribution in [-0.4, -0.2) is 28.0 Å². The largest absolute Gasteiger partial charge is 0.462 e. The molecule has 0 saturated heterocycles. The lowest BCUT2D eigenvalue weighted by molar-refractivity contribution is -0.119. The molecule has 0 radical (unpaired) electrons. The highest BCUT2D eigenvalue weighted by Crippen LogP contribution is 2.25. The highest BCUT2D eigenvalue weighted by Gasteiger charge is 2.23. The van der Waals surface area contributed by atoms with Crippen LogP contribution < -0.4 is 5.32 Å². The first kappa shape index (κ1) is 18.8. The van der Waals surface area contributed by atoms with E-state index in [9.17, 15) is 9.59 Å². The van der Waals surface area contributed by atoms with Gasteiger partial charge in [0, 0.05) is 18.8 Å². The Kier molecular flexibility index (Phi) is 6.03. The van der Waals surface area contributed by atoms with Gasteiger partial charge in [-0.05, 0) is 31.5 Å². The van der Waals surface area contributed by atoms with Crippen LogP contribution in [0, 0.1) is 6.92 Å². The van der Waals surface area contributed by atoms with Gasteiger partial charge in [0.1, 0.15) is 10.9 Å². The number of benzene rings is 1. The maximum atomic E-state index is 13.0. The second-order valence-electron chi connectivity index (χ2n) is 5.98. The lowest BCUT2D eigenvalue weighted by atomic mass is 10.1. The van der Waals surface area contributed by atoms with E-state index in [4.69, 9.17) is 4.74 Å². The number of hydrogen-bond acceptors (Lipinski definition) is 5. The molecule has 1 amide bonds. The molecule has 0 saturated carbocycles. The van der Waals surface area contributed by atoms with Crippen LogP contribution in [0.25, 0.3) is 0 Å². The number of nitrogens with zero attached hydrogens (tertiary/aromatic N) is 2. The van der Waals surface area contributed by atoms with Gasteiger partial charge in [-0.2, -0.15) is 0 Å². The van der Waals surface area contributed by atoms with Crippen molar-refractivity contribution in [3.8, 4) is 0 Å². The first-order valence-corrected chi connectivity index (χ1v) is 9.52. The number of amides is 1. The quantitative estimate of drug-likeness (QED) is 0.629. The molecule has 140 valence electrons. The summed E-state index contributed by atoms with van der Waals surface area (Å²) in [5, 5.41) is 3.24. The van der Waals surface area contributed by atoms with Crippen LogP contribution in [0.3, 0.4) is 0 Å². The van der Waals surface area contributed by atoms with Gasteiger partial charge in [-0.25, -0.2) is 9.78 Å². The van der Waals surface area contributed by atoms with Gasteiger partial charge in [0.2, 0.25) is 5.91 Å². The zero-order valence-corrected chi connectivity index (χ0v) is 16.0. The summed E-state index contributed by atoms with van der Waals surface area (Å²) in [6.07, 6.45) is 4.28. The number of ether oxygens (including phenoxy) is 1. The van der Waals surface area contributed by atoms with Crippen molar-refractivity contribution < 1.29 is 14.3 Å². The van der Waals surface area contributed by atoms with E-state index in [2.05, 4.69) is 10.3 Å². The Hall–Kier alpha value is -2.93. The molecule has 2 heterocycles. The lowest BCUT2D eigenvalue weighted by Gasteiger charge is -2.18. The molecular formula is C20H21N3O3S. The van der Waals surface area contributed by atoms with Crippen LogP contribution in [0.2, 0.25) is 0 Å². The van der Waals surface area contributed by atoms with Crippen LogP contribution in [0.5, 0.6) is 0 Å². The van der Waals surface area contributed by atoms with Crippen LogP contribution in [0.1, 0.15) is 33.9 Å². The molecule has 0 aliphatic rings. The Bertz CT molecular complexity index is 904. The fourth-order valence-electron chi connectivity index (χ4n) is 2.75. The van der Waals surface area contributed by atoms with Gasteiger partial charge in [-0.15, -0.1) is 0 Å². The molecule has 0 aliphatic heterocycles. The Morgan fingerprint density at radius 1 is 1.19 bits per heavy atom. The Labute approximate surface area is 161 Å². The normalized spacial score (nSPS) is 11.8. The van der Waals surface area contributed by atoms with Gasteiger partial charge in [0.05, 0.1) is 12.3 Å². The summed E-state index contributed by atoms with van der Waals surface area (Å²) >= 11 is 1.13. The predicted molar refractivity (Wildman–Crippen MR) is 105 cm³/mol. The molecule has 6 nitrogen and oxygen atoms in total. The van der Waals surface area contributed by atoms with E-state index >= 15 is 0 Å². The molecule has 0 bridgehead atoms. The molecule has 1 aromatic carbocycles. The highest BCUT2D eigenvalue weighted by atomic mass is 32.1. The summed E-state index contributed by atoms with van der Waals surface area (Å²) in [6, 6.07) is 13.2. The number of nitrogens with one attached hydrogen (secondary N) is 1. The van der Waals surface area contributed by atoms with Crippen LogP contribution in [0.15, 0.2) is 54.9 Å². The van der Waals surface area contributed by atoms with E-state index in [0.717, 1.165) is 16.9 Å². The third-order valence-electron chi connectivity index (χ3n) is 4.05. The van der Waals surface area contributed by atoms with Gasteiger partial charge in [-0.1, -0.05) is 41.7 Å². The monoisotopic (exact) mass is 383 g/mol. The summed E-state index contributed by atoms with van der Waals surface area (Å²) in [6.45, 7) is 3.78. The minimum atomic E-state index is -0.419. The van der Waals surface area contributed by atoms with E-state index in [1.165, 1.54) is 0 Å². The molecule has 7 heteroatoms. The van der Waals surface area contributed by atoms with Crippen molar-refractivity contribution >= 4 is 28.3 Å². The number of aryl methyl sites for hydroxylation is 1. The Morgan fingerprint density at radius 3 is 2.56 bits per heavy atom. The number of anilines is 1. The minimum absolute atomic E-state index is 0.181. The third-order valence-corrected chi connectivity index (χ3v) is 5.10. The summed E-state index contributed by atoms with van der Waals surface area (Å²) in [5.41, 5.74) is 1.61. The molecule has 2 aromatic heterocycles. The molecule has 0 aliphatic carbocycles. The van der Waals surface area contributed by atoms with Crippen molar-refractivity contribution in [2.24, 2.45) is 0 Å². The van der Waals surface area contributed by atoms with Gasteiger partial charge in [0.15, 0.2) is 5.13 Å². The zero-order valence-electron chi connectivity index (χ0n) is 15.2. The molecule has 0 unspecified atom stereocenters. The number of aromatic nitrogens is 2. The minimum Gasteiger partial charge on any atom is -0.462 e. The fraction of sp³-hybridized carbons (Fsp3) is 0.250. The average molecular weight is 383 g/mol. The highest BCUT2D eigenvalue weighted by molar-refractivity contribution is 7.17. The second kappa shape index (κ2) is 8.64. The molecule has 0 fully saturated rings. The van der Waals surface area contributed by atoms with Crippen LogP contribution >= 0.6 is 11.3 Å². The van der Waals surface area contributed by atoms with Crippen molar-refractivity contribution in [3.63, 3.8) is 0 Å². The number of hydrogen-bond donors (Lipinski definition) is 1. The summed E-state index contributed by atoms with van der Waals surface area (Å²) in [5.74, 6) is -0.599. The Balaban J connectivity index is 1.79. The van der Waals surface area contributed by atoms with E-state index in [1.54, 1.807) is 13.8 Å². The molecular weight excluding hydrogens is 362 g/mol. The van der Waals surface area contributed by atoms with Crippen molar-refractivity contribution in [1.82, 2.24) is 9.55 Å². The van der Waals surface area contributed by atoms with Crippen LogP contribution in [0.4, 0.5) is 5.13 Å². The smallest absolute Gasteiger partial charge is 0.350 e. The van der Waals surface area contributed by atoms with Crippen molar-refractivity contribution in [3.05, 3.63) is 71.0 Å². The first-order valence-electron chi connectivity index (χ1n) is 8.70. The lowest BCUT2D eigenvalue weighted by Crippen LogP contribution is -2.27. The average Bonchev–Trinajstić information content (AvgIpc) is 3.30. The second-order valence-corrected chi connectivity index (χ2v) is 6.98. The molecule has 27 heavy (non-hydrogen) atoms. The molecule has 3 aromatic rings. The molecule has 1 atom stereocenters. The van der Waals surface area contributed by atoms with Crippen molar-refractivity contribution in [1.29, 1.82) is 0 Å². The van der Waals surface area contributed by atoms with E-state index in [0.29, 0.717) is 28.7 Å². The topological polar surface area (TPSA) is 73.2 Å². The van der Waals surface area contributed by atoms with Gasteiger partial charge < -0.3 is 14.6 Å². The van der Waals surface area contributed by atoms with Gasteiger partial charge >= 0.3 is 5.97 Å². The van der Waals surface area contributed by atoms with Crippen molar-refractivity contribution in [2.45, 2.75) is 26.3 Å². The summed E-state index contributed by atoms with van der Waals surface area (Å²) in [4.78, 5) is 29.6. The number of esters is 1. The standard InChI is InChI=1S/C20H21N3O3S/c1-3-26-19(25)17-14(2)21-20(27-17)22-18(24)16(23-11-7-8-12-23)13-15-9-5-4-6-10-15/h4-12,16H,3,13H2,1-2H3,(H,21,22,24)/t16-/m0/s1. The molecule has 1 N–H and O–H groups in total. The van der Waals surface area contributed by atoms with E-state index in [1.807, 2.05) is 59.4 Å². The predicted octanol–water partition coefficient (Wildman–Crippen LogP) is 3.85. The van der Waals surface area contributed by atoms with Crippen molar-refractivity contribution in [2.75, 3.05) is 11.9 Å². The maximum absolute atomic E-state index is 13.0. The van der Waals surface area contributed by atoms with Gasteiger partial charge in [-0.3, -0.25) is 4.79 Å². The number of rotatable bonds is 7. The zero-order chi connectivity index (χ0) is 19.2. The summed E-state index contributed by atoms with van der Waals surface area (Å²) in [7, 11) is 0. The summed E-state index contributed by atoms with van der Waals surface area (Å²) < 4.78 is 6.90. The van der Waals surface area contributed by atoms with Gasteiger partial charge in [0.25, 0.3) is 0 Å².